The minimum Gasteiger partial charge on any atom is -0.481 e. The van der Waals surface area contributed by atoms with Gasteiger partial charge in [-0.05, 0) is 17.8 Å². The van der Waals surface area contributed by atoms with E-state index in [9.17, 15) is 9.59 Å². The van der Waals surface area contributed by atoms with E-state index in [-0.39, 0.29) is 25.0 Å². The molecule has 0 saturated carbocycles. The van der Waals surface area contributed by atoms with Crippen LogP contribution in [0.4, 0.5) is 4.79 Å². The van der Waals surface area contributed by atoms with Gasteiger partial charge < -0.3 is 15.3 Å². The van der Waals surface area contributed by atoms with Crippen LogP contribution in [-0.2, 0) is 4.79 Å². The molecule has 0 aromatic rings. The number of likely N-dealkylation sites (tertiary alicyclic amines) is 1. The SMILES string of the molecule is CC(C)C1CN(C(=O)NCCC(=O)O)C1C(C)C. The number of carboxylic acid groups (broad SMARTS) is 1. The maximum atomic E-state index is 11.9. The van der Waals surface area contributed by atoms with Gasteiger partial charge in [0.05, 0.1) is 6.42 Å². The third-order valence-corrected chi connectivity index (χ3v) is 3.62. The second-order valence-corrected chi connectivity index (χ2v) is 5.67. The summed E-state index contributed by atoms with van der Waals surface area (Å²) in [5.74, 6) is 0.659. The molecule has 0 aliphatic carbocycles. The second kappa shape index (κ2) is 6.07. The van der Waals surface area contributed by atoms with Gasteiger partial charge in [0.25, 0.3) is 0 Å². The molecule has 1 saturated heterocycles. The zero-order valence-electron chi connectivity index (χ0n) is 11.6. The van der Waals surface area contributed by atoms with E-state index in [1.165, 1.54) is 0 Å². The molecule has 0 aromatic carbocycles. The van der Waals surface area contributed by atoms with Gasteiger partial charge in [0.15, 0.2) is 0 Å². The van der Waals surface area contributed by atoms with Gasteiger partial charge >= 0.3 is 12.0 Å². The van der Waals surface area contributed by atoms with Crippen LogP contribution < -0.4 is 5.32 Å². The fourth-order valence-electron chi connectivity index (χ4n) is 2.61. The lowest BCUT2D eigenvalue weighted by Gasteiger charge is -2.52. The average molecular weight is 256 g/mol. The highest BCUT2D eigenvalue weighted by atomic mass is 16.4. The Kier molecular flexibility index (Phi) is 4.99. The second-order valence-electron chi connectivity index (χ2n) is 5.67. The number of rotatable bonds is 5. The minimum atomic E-state index is -0.889. The third kappa shape index (κ3) is 3.37. The predicted molar refractivity (Wildman–Crippen MR) is 69.3 cm³/mol. The highest BCUT2D eigenvalue weighted by Gasteiger charge is 2.44. The maximum absolute atomic E-state index is 11.9. The molecule has 2 atom stereocenters. The maximum Gasteiger partial charge on any atom is 0.317 e. The number of carbonyl (C=O) groups excluding carboxylic acids is 1. The van der Waals surface area contributed by atoms with Crippen LogP contribution in [0.5, 0.6) is 0 Å². The van der Waals surface area contributed by atoms with Crippen LogP contribution in [0.15, 0.2) is 0 Å². The lowest BCUT2D eigenvalue weighted by Crippen LogP contribution is -2.64. The topological polar surface area (TPSA) is 69.6 Å². The summed E-state index contributed by atoms with van der Waals surface area (Å²) in [4.78, 5) is 24.1. The summed E-state index contributed by atoms with van der Waals surface area (Å²) in [6.45, 7) is 9.58. The van der Waals surface area contributed by atoms with Gasteiger partial charge in [0.2, 0.25) is 0 Å². The first kappa shape index (κ1) is 14.8. The number of amides is 2. The van der Waals surface area contributed by atoms with E-state index in [0.717, 1.165) is 6.54 Å². The van der Waals surface area contributed by atoms with E-state index in [2.05, 4.69) is 33.0 Å². The summed E-state index contributed by atoms with van der Waals surface area (Å²) in [5, 5.41) is 11.2. The molecule has 18 heavy (non-hydrogen) atoms. The number of hydrogen-bond donors (Lipinski definition) is 2. The molecular formula is C13H24N2O3. The molecule has 0 spiro atoms. The van der Waals surface area contributed by atoms with Crippen LogP contribution in [0.25, 0.3) is 0 Å². The van der Waals surface area contributed by atoms with Crippen molar-refractivity contribution in [3.05, 3.63) is 0 Å². The first-order valence-corrected chi connectivity index (χ1v) is 6.60. The molecular weight excluding hydrogens is 232 g/mol. The predicted octanol–water partition coefficient (Wildman–Crippen LogP) is 1.78. The van der Waals surface area contributed by atoms with Crippen molar-refractivity contribution in [2.24, 2.45) is 17.8 Å². The summed E-state index contributed by atoms with van der Waals surface area (Å²) >= 11 is 0. The molecule has 1 aliphatic rings. The molecule has 0 aromatic heterocycles. The Hall–Kier alpha value is -1.26. The van der Waals surface area contributed by atoms with Gasteiger partial charge in [0, 0.05) is 19.1 Å². The molecule has 2 unspecified atom stereocenters. The standard InChI is InChI=1S/C13H24N2O3/c1-8(2)10-7-15(12(10)9(3)4)13(18)14-6-5-11(16)17/h8-10,12H,5-7H2,1-4H3,(H,14,18)(H,16,17). The number of nitrogens with one attached hydrogen (secondary N) is 1. The Balaban J connectivity index is 2.46. The van der Waals surface area contributed by atoms with Gasteiger partial charge in [-0.3, -0.25) is 4.79 Å². The van der Waals surface area contributed by atoms with Crippen molar-refractivity contribution in [3.8, 4) is 0 Å². The van der Waals surface area contributed by atoms with E-state index in [1.54, 1.807) is 0 Å². The van der Waals surface area contributed by atoms with E-state index in [4.69, 9.17) is 5.11 Å². The molecule has 1 heterocycles. The molecule has 0 bridgehead atoms. The molecule has 5 nitrogen and oxygen atoms in total. The van der Waals surface area contributed by atoms with Crippen LogP contribution in [0.2, 0.25) is 0 Å². The molecule has 2 N–H and O–H groups in total. The summed E-state index contributed by atoms with van der Waals surface area (Å²) in [6, 6.07) is 0.140. The number of aliphatic carboxylic acids is 1. The first-order valence-electron chi connectivity index (χ1n) is 6.60. The molecule has 2 amide bonds. The van der Waals surface area contributed by atoms with Crippen molar-refractivity contribution < 1.29 is 14.7 Å². The lowest BCUT2D eigenvalue weighted by molar-refractivity contribution is -0.136. The van der Waals surface area contributed by atoms with Crippen molar-refractivity contribution in [1.82, 2.24) is 10.2 Å². The number of carbonyl (C=O) groups is 2. The zero-order chi connectivity index (χ0) is 13.9. The van der Waals surface area contributed by atoms with Gasteiger partial charge in [0.1, 0.15) is 0 Å². The summed E-state index contributed by atoms with van der Waals surface area (Å²) < 4.78 is 0. The first-order chi connectivity index (χ1) is 8.34. The van der Waals surface area contributed by atoms with Gasteiger partial charge in [-0.15, -0.1) is 0 Å². The summed E-state index contributed by atoms with van der Waals surface area (Å²) in [7, 11) is 0. The van der Waals surface area contributed by atoms with Crippen LogP contribution >= 0.6 is 0 Å². The average Bonchev–Trinajstić information content (AvgIpc) is 2.13. The molecule has 0 radical (unpaired) electrons. The van der Waals surface area contributed by atoms with E-state index in [1.807, 2.05) is 4.90 Å². The van der Waals surface area contributed by atoms with E-state index in [0.29, 0.717) is 17.8 Å². The zero-order valence-corrected chi connectivity index (χ0v) is 11.6. The van der Waals surface area contributed by atoms with Crippen molar-refractivity contribution in [3.63, 3.8) is 0 Å². The Bertz CT molecular complexity index is 315. The Morgan fingerprint density at radius 3 is 2.33 bits per heavy atom. The van der Waals surface area contributed by atoms with Crippen molar-refractivity contribution in [2.75, 3.05) is 13.1 Å². The minimum absolute atomic E-state index is 0.0282. The third-order valence-electron chi connectivity index (χ3n) is 3.62. The van der Waals surface area contributed by atoms with Crippen molar-refractivity contribution in [1.29, 1.82) is 0 Å². The lowest BCUT2D eigenvalue weighted by atomic mass is 9.75. The van der Waals surface area contributed by atoms with Crippen LogP contribution in [-0.4, -0.2) is 41.1 Å². The quantitative estimate of drug-likeness (QED) is 0.787. The van der Waals surface area contributed by atoms with Crippen LogP contribution in [0.3, 0.4) is 0 Å². The number of carboxylic acids is 1. The van der Waals surface area contributed by atoms with Crippen molar-refractivity contribution in [2.45, 2.75) is 40.2 Å². The molecule has 1 rings (SSSR count). The molecule has 1 aliphatic heterocycles. The number of urea groups is 1. The Morgan fingerprint density at radius 1 is 1.28 bits per heavy atom. The number of nitrogens with zero attached hydrogens (tertiary/aromatic N) is 1. The number of hydrogen-bond acceptors (Lipinski definition) is 2. The summed E-state index contributed by atoms with van der Waals surface area (Å²) in [6.07, 6.45) is -0.0282. The van der Waals surface area contributed by atoms with Crippen LogP contribution in [0, 0.1) is 17.8 Å². The van der Waals surface area contributed by atoms with Gasteiger partial charge in [-0.25, -0.2) is 4.79 Å². The Morgan fingerprint density at radius 2 is 1.89 bits per heavy atom. The molecule has 104 valence electrons. The van der Waals surface area contributed by atoms with Gasteiger partial charge in [-0.1, -0.05) is 27.7 Å². The highest BCUT2D eigenvalue weighted by molar-refractivity contribution is 5.76. The smallest absolute Gasteiger partial charge is 0.317 e. The highest BCUT2D eigenvalue weighted by Crippen LogP contribution is 2.35. The normalized spacial score (nSPS) is 23.1. The van der Waals surface area contributed by atoms with Crippen molar-refractivity contribution >= 4 is 12.0 Å². The van der Waals surface area contributed by atoms with Crippen LogP contribution in [0.1, 0.15) is 34.1 Å². The van der Waals surface area contributed by atoms with Gasteiger partial charge in [-0.2, -0.15) is 0 Å². The monoisotopic (exact) mass is 256 g/mol. The largest absolute Gasteiger partial charge is 0.481 e. The Labute approximate surface area is 109 Å². The summed E-state index contributed by atoms with van der Waals surface area (Å²) in [5.41, 5.74) is 0. The fraction of sp³-hybridized carbons (Fsp3) is 0.846. The molecule has 1 fully saturated rings. The van der Waals surface area contributed by atoms with E-state index < -0.39 is 5.97 Å². The fourth-order valence-corrected chi connectivity index (χ4v) is 2.61. The van der Waals surface area contributed by atoms with E-state index >= 15 is 0 Å². The molecule has 5 heteroatoms.